The molecule has 82 valence electrons. The highest BCUT2D eigenvalue weighted by atomic mass is 16.5. The van der Waals surface area contributed by atoms with Gasteiger partial charge in [0.15, 0.2) is 6.61 Å². The van der Waals surface area contributed by atoms with Crippen molar-refractivity contribution in [2.24, 2.45) is 5.73 Å². The zero-order valence-electron chi connectivity index (χ0n) is 9.04. The Bertz CT molecular complexity index is 350. The molecule has 0 aliphatic heterocycles. The Morgan fingerprint density at radius 3 is 2.87 bits per heavy atom. The topological polar surface area (TPSA) is 64.3 Å². The Hall–Kier alpha value is -1.55. The van der Waals surface area contributed by atoms with E-state index in [2.05, 4.69) is 5.32 Å². The first-order valence-electron chi connectivity index (χ1n) is 4.79. The summed E-state index contributed by atoms with van der Waals surface area (Å²) in [6, 6.07) is 5.86. The first kappa shape index (κ1) is 11.5. The highest BCUT2D eigenvalue weighted by Gasteiger charge is 2.07. The van der Waals surface area contributed by atoms with E-state index in [0.29, 0.717) is 6.54 Å². The summed E-state index contributed by atoms with van der Waals surface area (Å²) >= 11 is 0. The number of para-hydroxylation sites is 1. The van der Waals surface area contributed by atoms with Gasteiger partial charge in [-0.25, -0.2) is 0 Å². The Labute approximate surface area is 89.4 Å². The molecule has 4 heteroatoms. The number of carbonyl (C=O) groups excluding carboxylic acids is 1. The highest BCUT2D eigenvalue weighted by molar-refractivity contribution is 5.75. The second-order valence-corrected chi connectivity index (χ2v) is 3.35. The number of hydrogen-bond acceptors (Lipinski definition) is 3. The van der Waals surface area contributed by atoms with E-state index < -0.39 is 5.91 Å². The number of ether oxygens (including phenoxy) is 1. The second kappa shape index (κ2) is 5.36. The van der Waals surface area contributed by atoms with E-state index in [1.165, 1.54) is 0 Å². The van der Waals surface area contributed by atoms with Crippen LogP contribution in [0.5, 0.6) is 5.75 Å². The lowest BCUT2D eigenvalue weighted by molar-refractivity contribution is -0.119. The van der Waals surface area contributed by atoms with Gasteiger partial charge in [-0.3, -0.25) is 4.79 Å². The van der Waals surface area contributed by atoms with Crippen molar-refractivity contribution in [3.63, 3.8) is 0 Å². The highest BCUT2D eigenvalue weighted by Crippen LogP contribution is 2.23. The van der Waals surface area contributed by atoms with Gasteiger partial charge in [-0.1, -0.05) is 18.2 Å². The third kappa shape index (κ3) is 3.25. The first-order chi connectivity index (χ1) is 7.15. The van der Waals surface area contributed by atoms with Gasteiger partial charge in [0.05, 0.1) is 0 Å². The molecule has 0 unspecified atom stereocenters. The molecule has 0 bridgehead atoms. The molecule has 0 aromatic heterocycles. The predicted molar refractivity (Wildman–Crippen MR) is 58.6 cm³/mol. The van der Waals surface area contributed by atoms with Gasteiger partial charge < -0.3 is 15.8 Å². The lowest BCUT2D eigenvalue weighted by Gasteiger charge is -2.12. The van der Waals surface area contributed by atoms with Gasteiger partial charge in [-0.05, 0) is 19.5 Å². The quantitative estimate of drug-likeness (QED) is 0.744. The van der Waals surface area contributed by atoms with Crippen molar-refractivity contribution in [3.05, 3.63) is 29.3 Å². The van der Waals surface area contributed by atoms with Crippen molar-refractivity contribution in [2.45, 2.75) is 13.5 Å². The lowest BCUT2D eigenvalue weighted by Crippen LogP contribution is -2.21. The number of rotatable bonds is 5. The summed E-state index contributed by atoms with van der Waals surface area (Å²) in [6.45, 7) is 2.56. The number of aryl methyl sites for hydroxylation is 1. The fraction of sp³-hybridized carbons (Fsp3) is 0.364. The molecule has 0 heterocycles. The normalized spacial score (nSPS) is 10.0. The van der Waals surface area contributed by atoms with E-state index in [9.17, 15) is 4.79 Å². The summed E-state index contributed by atoms with van der Waals surface area (Å²) in [6.07, 6.45) is 0. The molecule has 15 heavy (non-hydrogen) atoms. The van der Waals surface area contributed by atoms with Gasteiger partial charge in [0.2, 0.25) is 0 Å². The molecule has 0 radical (unpaired) electrons. The van der Waals surface area contributed by atoms with Crippen molar-refractivity contribution in [3.8, 4) is 5.75 Å². The smallest absolute Gasteiger partial charge is 0.255 e. The van der Waals surface area contributed by atoms with Crippen LogP contribution in [0.4, 0.5) is 0 Å². The van der Waals surface area contributed by atoms with E-state index in [4.69, 9.17) is 10.5 Å². The van der Waals surface area contributed by atoms with Gasteiger partial charge in [0.25, 0.3) is 5.91 Å². The number of nitrogens with one attached hydrogen (secondary N) is 1. The van der Waals surface area contributed by atoms with Crippen LogP contribution in [0.15, 0.2) is 18.2 Å². The molecule has 0 atom stereocenters. The molecule has 1 aromatic rings. The molecular formula is C11H16N2O2. The number of nitrogens with two attached hydrogens (primary N) is 1. The molecular weight excluding hydrogens is 192 g/mol. The maximum absolute atomic E-state index is 10.6. The third-order valence-electron chi connectivity index (χ3n) is 2.02. The van der Waals surface area contributed by atoms with Crippen LogP contribution in [0.25, 0.3) is 0 Å². The van der Waals surface area contributed by atoms with Gasteiger partial charge in [0.1, 0.15) is 5.75 Å². The van der Waals surface area contributed by atoms with E-state index in [-0.39, 0.29) is 6.61 Å². The average molecular weight is 208 g/mol. The molecule has 0 saturated carbocycles. The van der Waals surface area contributed by atoms with Crippen LogP contribution in [-0.4, -0.2) is 19.6 Å². The lowest BCUT2D eigenvalue weighted by atomic mass is 10.1. The van der Waals surface area contributed by atoms with Crippen LogP contribution < -0.4 is 15.8 Å². The Morgan fingerprint density at radius 2 is 2.27 bits per heavy atom. The zero-order valence-corrected chi connectivity index (χ0v) is 9.04. The summed E-state index contributed by atoms with van der Waals surface area (Å²) in [7, 11) is 1.86. The molecule has 0 saturated heterocycles. The average Bonchev–Trinajstić information content (AvgIpc) is 2.17. The zero-order chi connectivity index (χ0) is 11.3. The van der Waals surface area contributed by atoms with Crippen LogP contribution in [0.1, 0.15) is 11.1 Å². The van der Waals surface area contributed by atoms with E-state index in [0.717, 1.165) is 16.9 Å². The van der Waals surface area contributed by atoms with Gasteiger partial charge in [-0.15, -0.1) is 0 Å². The van der Waals surface area contributed by atoms with Crippen LogP contribution in [0.2, 0.25) is 0 Å². The van der Waals surface area contributed by atoms with Crippen LogP contribution in [0, 0.1) is 6.92 Å². The molecule has 0 fully saturated rings. The fourth-order valence-electron chi connectivity index (χ4n) is 1.39. The van der Waals surface area contributed by atoms with Crippen molar-refractivity contribution in [1.82, 2.24) is 5.32 Å². The molecule has 0 aliphatic rings. The Balaban J connectivity index is 2.86. The molecule has 1 amide bonds. The predicted octanol–water partition coefficient (Wildman–Crippen LogP) is 0.579. The second-order valence-electron chi connectivity index (χ2n) is 3.35. The summed E-state index contributed by atoms with van der Waals surface area (Å²) in [4.78, 5) is 10.6. The van der Waals surface area contributed by atoms with Gasteiger partial charge in [0, 0.05) is 12.1 Å². The Kier molecular flexibility index (Phi) is 4.12. The number of hydrogen-bond donors (Lipinski definition) is 2. The fourth-order valence-corrected chi connectivity index (χ4v) is 1.39. The standard InChI is InChI=1S/C11H16N2O2/c1-8-4-3-5-9(6-13-2)11(8)15-7-10(12)14/h3-5,13H,6-7H2,1-2H3,(H2,12,14). The van der Waals surface area contributed by atoms with Crippen molar-refractivity contribution >= 4 is 5.91 Å². The molecule has 0 aliphatic carbocycles. The van der Waals surface area contributed by atoms with Gasteiger partial charge >= 0.3 is 0 Å². The summed E-state index contributed by atoms with van der Waals surface area (Å²) < 4.78 is 5.37. The SMILES string of the molecule is CNCc1cccc(C)c1OCC(N)=O. The van der Waals surface area contributed by atoms with E-state index in [1.807, 2.05) is 32.2 Å². The van der Waals surface area contributed by atoms with Crippen LogP contribution >= 0.6 is 0 Å². The molecule has 4 nitrogen and oxygen atoms in total. The number of carbonyl (C=O) groups is 1. The number of benzene rings is 1. The maximum Gasteiger partial charge on any atom is 0.255 e. The molecule has 3 N–H and O–H groups in total. The summed E-state index contributed by atoms with van der Waals surface area (Å²) in [5.41, 5.74) is 7.07. The monoisotopic (exact) mass is 208 g/mol. The Morgan fingerprint density at radius 1 is 1.53 bits per heavy atom. The van der Waals surface area contributed by atoms with E-state index in [1.54, 1.807) is 0 Å². The molecule has 0 spiro atoms. The maximum atomic E-state index is 10.6. The van der Waals surface area contributed by atoms with E-state index >= 15 is 0 Å². The van der Waals surface area contributed by atoms with Crippen molar-refractivity contribution < 1.29 is 9.53 Å². The largest absolute Gasteiger partial charge is 0.483 e. The van der Waals surface area contributed by atoms with Crippen molar-refractivity contribution in [2.75, 3.05) is 13.7 Å². The number of amides is 1. The minimum atomic E-state index is -0.464. The van der Waals surface area contributed by atoms with Crippen LogP contribution in [-0.2, 0) is 11.3 Å². The molecule has 1 rings (SSSR count). The number of primary amides is 1. The minimum Gasteiger partial charge on any atom is -0.483 e. The summed E-state index contributed by atoms with van der Waals surface area (Å²) in [5, 5.41) is 3.04. The van der Waals surface area contributed by atoms with Crippen LogP contribution in [0.3, 0.4) is 0 Å². The summed E-state index contributed by atoms with van der Waals surface area (Å²) in [5.74, 6) is 0.277. The minimum absolute atomic E-state index is 0.0818. The molecule has 1 aromatic carbocycles. The van der Waals surface area contributed by atoms with Gasteiger partial charge in [-0.2, -0.15) is 0 Å². The third-order valence-corrected chi connectivity index (χ3v) is 2.02. The first-order valence-corrected chi connectivity index (χ1v) is 4.79. The van der Waals surface area contributed by atoms with Crippen molar-refractivity contribution in [1.29, 1.82) is 0 Å².